The zero-order valence-corrected chi connectivity index (χ0v) is 22.7. The topological polar surface area (TPSA) is 157 Å². The number of aromatic nitrogens is 7. The van der Waals surface area contributed by atoms with Crippen molar-refractivity contribution >= 4 is 23.7 Å². The van der Waals surface area contributed by atoms with E-state index < -0.39 is 0 Å². The molecule has 0 atom stereocenters. The number of carbonyl (C=O) groups excluding carboxylic acids is 2. The second-order valence-corrected chi connectivity index (χ2v) is 9.92. The van der Waals surface area contributed by atoms with Crippen LogP contribution in [0.1, 0.15) is 57.9 Å². The molecule has 0 spiro atoms. The summed E-state index contributed by atoms with van der Waals surface area (Å²) >= 11 is 0. The van der Waals surface area contributed by atoms with E-state index in [1.54, 1.807) is 24.4 Å². The lowest BCUT2D eigenvalue weighted by molar-refractivity contribution is 0.0699. The van der Waals surface area contributed by atoms with Gasteiger partial charge in [-0.2, -0.15) is 9.61 Å². The number of fused-ring (bicyclic) bond motifs is 1. The first kappa shape index (κ1) is 26.1. The average molecular weight is 552 g/mol. The maximum atomic E-state index is 12.7. The van der Waals surface area contributed by atoms with Crippen LogP contribution < -0.4 is 10.5 Å². The Hall–Kier alpha value is -5.13. The largest absolute Gasteiger partial charge is 0.496 e. The van der Waals surface area contributed by atoms with Gasteiger partial charge in [0.2, 0.25) is 5.82 Å². The van der Waals surface area contributed by atoms with Crippen LogP contribution in [0.25, 0.3) is 28.0 Å². The molecule has 0 bridgehead atoms. The third kappa shape index (κ3) is 4.66. The zero-order chi connectivity index (χ0) is 28.5. The summed E-state index contributed by atoms with van der Waals surface area (Å²) in [5, 5.41) is 11.9. The maximum Gasteiger partial charge on any atom is 0.291 e. The highest BCUT2D eigenvalue weighted by Crippen LogP contribution is 2.34. The molecule has 1 fully saturated rings. The minimum absolute atomic E-state index is 0.0487. The van der Waals surface area contributed by atoms with Gasteiger partial charge in [-0.3, -0.25) is 14.6 Å². The number of nitrogen functional groups attached to an aromatic ring is 1. The number of piperidine rings is 1. The average Bonchev–Trinajstić information content (AvgIpc) is 3.72. The molecule has 0 unspecified atom stereocenters. The standard InChI is InChI=1S/C29H29N9O3/c1-3-17-12-19(5-7-24(17)41-2)23-6-4-20(13-31-23)21-14-34-38-26(30)22(15-39)25(35-28(21)38)18-8-10-37(11-9-18)29(40)27-32-16-33-36-27/h4-7,12-16,18H,3,8-11,30H2,1-2H3,(H,32,33,36). The van der Waals surface area contributed by atoms with Crippen LogP contribution in [0.2, 0.25) is 0 Å². The molecule has 4 aromatic heterocycles. The number of anilines is 1. The Labute approximate surface area is 235 Å². The van der Waals surface area contributed by atoms with E-state index in [-0.39, 0.29) is 23.5 Å². The van der Waals surface area contributed by atoms with Crippen molar-refractivity contribution in [3.8, 4) is 28.1 Å². The molecule has 1 saturated heterocycles. The van der Waals surface area contributed by atoms with Crippen molar-refractivity contribution in [2.24, 2.45) is 0 Å². The summed E-state index contributed by atoms with van der Waals surface area (Å²) in [6.07, 6.45) is 7.71. The summed E-state index contributed by atoms with van der Waals surface area (Å²) in [6.45, 7) is 3.09. The first-order valence-electron chi connectivity index (χ1n) is 13.4. The fraction of sp³-hybridized carbons (Fsp3) is 0.276. The normalized spacial score (nSPS) is 14.0. The predicted octanol–water partition coefficient (Wildman–Crippen LogP) is 3.56. The molecule has 0 radical (unpaired) electrons. The number of nitrogens with two attached hydrogens (primary N) is 1. The predicted molar refractivity (Wildman–Crippen MR) is 152 cm³/mol. The number of pyridine rings is 1. The first-order valence-corrected chi connectivity index (χ1v) is 13.4. The molecule has 41 heavy (non-hydrogen) atoms. The number of aryl methyl sites for hydroxylation is 1. The Morgan fingerprint density at radius 1 is 1.17 bits per heavy atom. The van der Waals surface area contributed by atoms with Crippen LogP contribution in [0.3, 0.4) is 0 Å². The number of methoxy groups -OCH3 is 1. The molecule has 5 aromatic rings. The SMILES string of the molecule is CCc1cc(-c2ccc(-c3cnn4c(N)c(C=O)c(C5CCN(C(=O)c6nnc[nH]6)CC5)nc34)cn2)ccc1OC. The van der Waals surface area contributed by atoms with E-state index in [4.69, 9.17) is 20.4 Å². The van der Waals surface area contributed by atoms with E-state index in [0.29, 0.717) is 42.8 Å². The van der Waals surface area contributed by atoms with Crippen LogP contribution in [0, 0.1) is 0 Å². The van der Waals surface area contributed by atoms with E-state index in [2.05, 4.69) is 33.3 Å². The lowest BCUT2D eigenvalue weighted by atomic mass is 9.90. The number of aldehydes is 1. The zero-order valence-electron chi connectivity index (χ0n) is 22.7. The second kappa shape index (κ2) is 10.8. The van der Waals surface area contributed by atoms with Crippen molar-refractivity contribution < 1.29 is 14.3 Å². The van der Waals surface area contributed by atoms with Gasteiger partial charge in [0.15, 0.2) is 11.9 Å². The van der Waals surface area contributed by atoms with Crippen molar-refractivity contribution in [1.29, 1.82) is 0 Å². The van der Waals surface area contributed by atoms with Crippen LogP contribution in [0.4, 0.5) is 5.82 Å². The highest BCUT2D eigenvalue weighted by Gasteiger charge is 2.30. The summed E-state index contributed by atoms with van der Waals surface area (Å²) in [4.78, 5) is 38.9. The van der Waals surface area contributed by atoms with E-state index in [1.165, 1.54) is 10.8 Å². The number of benzene rings is 1. The van der Waals surface area contributed by atoms with Gasteiger partial charge in [0.1, 0.15) is 17.9 Å². The van der Waals surface area contributed by atoms with Gasteiger partial charge in [-0.05, 0) is 49.1 Å². The van der Waals surface area contributed by atoms with Gasteiger partial charge in [0.05, 0.1) is 30.3 Å². The molecule has 1 aromatic carbocycles. The summed E-state index contributed by atoms with van der Waals surface area (Å²) < 4.78 is 6.95. The molecule has 12 heteroatoms. The van der Waals surface area contributed by atoms with Gasteiger partial charge in [-0.25, -0.2) is 4.98 Å². The fourth-order valence-electron chi connectivity index (χ4n) is 5.44. The maximum absolute atomic E-state index is 12.7. The Kier molecular flexibility index (Phi) is 6.88. The van der Waals surface area contributed by atoms with Crippen molar-refractivity contribution in [2.75, 3.05) is 25.9 Å². The molecular formula is C29H29N9O3. The number of amides is 1. The smallest absolute Gasteiger partial charge is 0.291 e. The van der Waals surface area contributed by atoms with Crippen molar-refractivity contribution in [2.45, 2.75) is 32.1 Å². The van der Waals surface area contributed by atoms with Gasteiger partial charge in [0.25, 0.3) is 5.91 Å². The van der Waals surface area contributed by atoms with Crippen LogP contribution in [0.15, 0.2) is 49.1 Å². The van der Waals surface area contributed by atoms with Gasteiger partial charge in [-0.1, -0.05) is 13.0 Å². The van der Waals surface area contributed by atoms with E-state index in [0.717, 1.165) is 46.4 Å². The van der Waals surface area contributed by atoms with Gasteiger partial charge in [0, 0.05) is 41.9 Å². The summed E-state index contributed by atoms with van der Waals surface area (Å²) in [7, 11) is 1.67. The number of nitrogens with one attached hydrogen (secondary N) is 1. The number of hydrogen-bond acceptors (Lipinski definition) is 9. The van der Waals surface area contributed by atoms with E-state index >= 15 is 0 Å². The summed E-state index contributed by atoms with van der Waals surface area (Å²) in [5.74, 6) is 1.06. The van der Waals surface area contributed by atoms with E-state index in [1.807, 2.05) is 24.3 Å². The van der Waals surface area contributed by atoms with Gasteiger partial charge in [-0.15, -0.1) is 10.2 Å². The fourth-order valence-corrected chi connectivity index (χ4v) is 5.44. The minimum Gasteiger partial charge on any atom is -0.496 e. The van der Waals surface area contributed by atoms with Crippen LogP contribution in [-0.2, 0) is 6.42 Å². The highest BCUT2D eigenvalue weighted by molar-refractivity contribution is 5.90. The van der Waals surface area contributed by atoms with Crippen LogP contribution in [-0.4, -0.2) is 72.1 Å². The molecule has 5 heterocycles. The quantitative estimate of drug-likeness (QED) is 0.289. The molecule has 1 amide bonds. The minimum atomic E-state index is -0.200. The van der Waals surface area contributed by atoms with Crippen LogP contribution in [0.5, 0.6) is 5.75 Å². The van der Waals surface area contributed by atoms with Crippen molar-refractivity contribution in [1.82, 2.24) is 39.7 Å². The monoisotopic (exact) mass is 551 g/mol. The Bertz CT molecular complexity index is 1720. The van der Waals surface area contributed by atoms with Gasteiger partial charge < -0.3 is 20.4 Å². The number of carbonyl (C=O) groups is 2. The number of hydrogen-bond donors (Lipinski definition) is 2. The van der Waals surface area contributed by atoms with Crippen LogP contribution >= 0.6 is 0 Å². The molecular weight excluding hydrogens is 522 g/mol. The van der Waals surface area contributed by atoms with Crippen molar-refractivity contribution in [3.63, 3.8) is 0 Å². The number of H-pyrrole nitrogens is 1. The second-order valence-electron chi connectivity index (χ2n) is 9.92. The molecule has 12 nitrogen and oxygen atoms in total. The summed E-state index contributed by atoms with van der Waals surface area (Å²) in [5.41, 5.74) is 12.5. The van der Waals surface area contributed by atoms with Crippen molar-refractivity contribution in [3.05, 3.63) is 71.7 Å². The Balaban J connectivity index is 1.30. The molecule has 1 aliphatic rings. The number of rotatable bonds is 7. The molecule has 208 valence electrons. The van der Waals surface area contributed by atoms with Gasteiger partial charge >= 0.3 is 0 Å². The van der Waals surface area contributed by atoms with E-state index in [9.17, 15) is 9.59 Å². The third-order valence-corrected chi connectivity index (χ3v) is 7.69. The molecule has 6 rings (SSSR count). The first-order chi connectivity index (χ1) is 20.0. The number of ether oxygens (including phenoxy) is 1. The summed E-state index contributed by atoms with van der Waals surface area (Å²) in [6, 6.07) is 9.99. The number of likely N-dealkylation sites (tertiary alicyclic amines) is 1. The Morgan fingerprint density at radius 3 is 2.63 bits per heavy atom. The lowest BCUT2D eigenvalue weighted by Gasteiger charge is -2.31. The number of aromatic amines is 1. The molecule has 3 N–H and O–H groups in total. The Morgan fingerprint density at radius 2 is 1.98 bits per heavy atom. The molecule has 0 saturated carbocycles. The highest BCUT2D eigenvalue weighted by atomic mass is 16.5. The third-order valence-electron chi connectivity index (χ3n) is 7.69. The molecule has 0 aliphatic carbocycles. The number of nitrogens with zero attached hydrogens (tertiary/aromatic N) is 7. The molecule has 1 aliphatic heterocycles. The lowest BCUT2D eigenvalue weighted by Crippen LogP contribution is -2.38.